The lowest BCUT2D eigenvalue weighted by Gasteiger charge is -2.22. The number of ether oxygens (including phenoxy) is 2. The monoisotopic (exact) mass is 331 g/mol. The molecule has 0 aromatic heterocycles. The number of nitrogens with one attached hydrogen (secondary N) is 1. The minimum Gasteiger partial charge on any atom is -0.467 e. The summed E-state index contributed by atoms with van der Waals surface area (Å²) in [5.74, 6) is -2.58. The van der Waals surface area contributed by atoms with Gasteiger partial charge in [-0.2, -0.15) is 0 Å². The summed E-state index contributed by atoms with van der Waals surface area (Å²) >= 11 is 0. The van der Waals surface area contributed by atoms with Gasteiger partial charge in [0.15, 0.2) is 0 Å². The Morgan fingerprint density at radius 2 is 1.73 bits per heavy atom. The molecule has 0 bridgehead atoms. The highest BCUT2D eigenvalue weighted by atomic mass is 31.2. The van der Waals surface area contributed by atoms with Crippen LogP contribution in [0.15, 0.2) is 30.3 Å². The van der Waals surface area contributed by atoms with Crippen LogP contribution in [0.3, 0.4) is 0 Å². The van der Waals surface area contributed by atoms with Gasteiger partial charge in [-0.3, -0.25) is 9.88 Å². The second-order valence-corrected chi connectivity index (χ2v) is 6.36. The van der Waals surface area contributed by atoms with Gasteiger partial charge in [-0.05, 0) is 5.56 Å². The highest BCUT2D eigenvalue weighted by Crippen LogP contribution is 2.50. The molecule has 122 valence electrons. The van der Waals surface area contributed by atoms with E-state index in [1.165, 1.54) is 0 Å². The second-order valence-electron chi connectivity index (χ2n) is 4.04. The number of esters is 1. The second kappa shape index (κ2) is 8.53. The Bertz CT molecular complexity index is 541. The van der Waals surface area contributed by atoms with Crippen molar-refractivity contribution in [2.75, 3.05) is 21.3 Å². The fraction of sp³-hybridized carbons (Fsp3) is 0.385. The van der Waals surface area contributed by atoms with E-state index in [9.17, 15) is 14.2 Å². The number of carbonyl (C=O) groups excluding carboxylic acids is 2. The molecular formula is C13H18NO7P. The van der Waals surface area contributed by atoms with Crippen LogP contribution in [0.2, 0.25) is 0 Å². The van der Waals surface area contributed by atoms with Gasteiger partial charge in [-0.1, -0.05) is 30.3 Å². The van der Waals surface area contributed by atoms with Gasteiger partial charge >= 0.3 is 19.7 Å². The molecule has 0 unspecified atom stereocenters. The number of benzene rings is 1. The Kier molecular flexibility index (Phi) is 7.04. The molecule has 0 saturated carbocycles. The molecule has 8 nitrogen and oxygen atoms in total. The van der Waals surface area contributed by atoms with Crippen LogP contribution in [0.4, 0.5) is 4.79 Å². The Morgan fingerprint density at radius 1 is 1.14 bits per heavy atom. The zero-order valence-electron chi connectivity index (χ0n) is 12.5. The molecule has 1 N–H and O–H groups in total. The summed E-state index contributed by atoms with van der Waals surface area (Å²) < 4.78 is 31.1. The van der Waals surface area contributed by atoms with Crippen LogP contribution in [0.25, 0.3) is 0 Å². The zero-order chi connectivity index (χ0) is 16.6. The van der Waals surface area contributed by atoms with Gasteiger partial charge in [0.25, 0.3) is 0 Å². The van der Waals surface area contributed by atoms with E-state index in [2.05, 4.69) is 10.1 Å². The smallest absolute Gasteiger partial charge is 0.408 e. The van der Waals surface area contributed by atoms with Crippen LogP contribution in [0.5, 0.6) is 0 Å². The lowest BCUT2D eigenvalue weighted by atomic mass is 10.2. The van der Waals surface area contributed by atoms with Crippen LogP contribution < -0.4 is 5.32 Å². The Labute approximate surface area is 128 Å². The van der Waals surface area contributed by atoms with Crippen molar-refractivity contribution >= 4 is 19.7 Å². The number of carbonyl (C=O) groups is 2. The van der Waals surface area contributed by atoms with E-state index in [0.717, 1.165) is 26.9 Å². The summed E-state index contributed by atoms with van der Waals surface area (Å²) in [6, 6.07) is 8.93. The van der Waals surface area contributed by atoms with E-state index in [1.54, 1.807) is 24.3 Å². The predicted octanol–water partition coefficient (Wildman–Crippen LogP) is 1.90. The van der Waals surface area contributed by atoms with Gasteiger partial charge in [0.1, 0.15) is 6.61 Å². The van der Waals surface area contributed by atoms with Crippen LogP contribution >= 0.6 is 7.60 Å². The Morgan fingerprint density at radius 3 is 2.23 bits per heavy atom. The first-order valence-corrected chi connectivity index (χ1v) is 7.84. The molecule has 0 spiro atoms. The van der Waals surface area contributed by atoms with Gasteiger partial charge in [0.2, 0.25) is 5.78 Å². The van der Waals surface area contributed by atoms with Crippen LogP contribution in [0, 0.1) is 0 Å². The topological polar surface area (TPSA) is 100 Å². The van der Waals surface area contributed by atoms with Gasteiger partial charge in [0.05, 0.1) is 7.11 Å². The van der Waals surface area contributed by atoms with E-state index in [4.69, 9.17) is 13.8 Å². The maximum absolute atomic E-state index is 12.2. The first-order chi connectivity index (χ1) is 10.5. The van der Waals surface area contributed by atoms with Crippen molar-refractivity contribution in [2.45, 2.75) is 12.4 Å². The summed E-state index contributed by atoms with van der Waals surface area (Å²) in [7, 11) is -0.626. The number of alkyl carbamates (subject to hydrolysis) is 1. The summed E-state index contributed by atoms with van der Waals surface area (Å²) in [6.07, 6.45) is -0.950. The molecule has 9 heteroatoms. The molecule has 1 rings (SSSR count). The third-order valence-corrected chi connectivity index (χ3v) is 4.71. The SMILES string of the molecule is COC(=O)[C@H](NC(=O)OCc1ccccc1)P(=O)(OC)OC. The fourth-order valence-corrected chi connectivity index (χ4v) is 2.74. The average molecular weight is 331 g/mol. The van der Waals surface area contributed by atoms with Crippen molar-refractivity contribution in [1.29, 1.82) is 0 Å². The average Bonchev–Trinajstić information content (AvgIpc) is 2.57. The molecule has 0 heterocycles. The molecule has 0 radical (unpaired) electrons. The van der Waals surface area contributed by atoms with E-state index in [0.29, 0.717) is 0 Å². The number of hydrogen-bond donors (Lipinski definition) is 1. The van der Waals surface area contributed by atoms with Gasteiger partial charge in [-0.25, -0.2) is 9.59 Å². The number of hydrogen-bond acceptors (Lipinski definition) is 7. The predicted molar refractivity (Wildman–Crippen MR) is 77.2 cm³/mol. The van der Waals surface area contributed by atoms with Crippen molar-refractivity contribution in [2.24, 2.45) is 0 Å². The molecule has 0 aliphatic rings. The van der Waals surface area contributed by atoms with Crippen LogP contribution in [-0.4, -0.2) is 39.2 Å². The summed E-state index contributed by atoms with van der Waals surface area (Å²) in [5, 5.41) is 2.13. The quantitative estimate of drug-likeness (QED) is 0.601. The van der Waals surface area contributed by atoms with E-state index in [-0.39, 0.29) is 6.61 Å². The third-order valence-electron chi connectivity index (χ3n) is 2.72. The minimum absolute atomic E-state index is 0.00910. The molecule has 22 heavy (non-hydrogen) atoms. The van der Waals surface area contributed by atoms with Gasteiger partial charge < -0.3 is 18.5 Å². The highest BCUT2D eigenvalue weighted by Gasteiger charge is 2.42. The maximum atomic E-state index is 12.2. The van der Waals surface area contributed by atoms with Crippen molar-refractivity contribution in [3.63, 3.8) is 0 Å². The molecule has 0 aliphatic heterocycles. The molecule has 1 aromatic rings. The first kappa shape index (κ1) is 18.2. The lowest BCUT2D eigenvalue weighted by molar-refractivity contribution is -0.141. The Balaban J connectivity index is 2.71. The fourth-order valence-electron chi connectivity index (χ4n) is 1.54. The molecule has 0 saturated heterocycles. The summed E-state index contributed by atoms with van der Waals surface area (Å²) in [4.78, 5) is 23.4. The number of rotatable bonds is 7. The van der Waals surface area contributed by atoms with Crippen LogP contribution in [0.1, 0.15) is 5.56 Å². The number of amides is 1. The maximum Gasteiger partial charge on any atom is 0.408 e. The van der Waals surface area contributed by atoms with Gasteiger partial charge in [0, 0.05) is 14.2 Å². The molecule has 0 aliphatic carbocycles. The normalized spacial score (nSPS) is 12.3. The highest BCUT2D eigenvalue weighted by molar-refractivity contribution is 7.55. The Hall–Kier alpha value is -1.89. The van der Waals surface area contributed by atoms with Crippen LogP contribution in [-0.2, 0) is 34.5 Å². The minimum atomic E-state index is -3.90. The number of methoxy groups -OCH3 is 1. The standard InChI is InChI=1S/C13H18NO7P/c1-18-12(15)11(22(17,19-2)20-3)14-13(16)21-9-10-7-5-4-6-8-10/h4-8,11H,9H2,1-3H3,(H,14,16)/t11-/m1/s1. The van der Waals surface area contributed by atoms with Crippen molar-refractivity contribution in [3.05, 3.63) is 35.9 Å². The molecule has 0 fully saturated rings. The van der Waals surface area contributed by atoms with E-state index >= 15 is 0 Å². The van der Waals surface area contributed by atoms with Crippen molar-refractivity contribution in [3.8, 4) is 0 Å². The first-order valence-electron chi connectivity index (χ1n) is 6.23. The summed E-state index contributed by atoms with van der Waals surface area (Å²) in [5.41, 5.74) is 0.758. The zero-order valence-corrected chi connectivity index (χ0v) is 13.4. The van der Waals surface area contributed by atoms with Gasteiger partial charge in [-0.15, -0.1) is 0 Å². The lowest BCUT2D eigenvalue weighted by Crippen LogP contribution is -2.42. The summed E-state index contributed by atoms with van der Waals surface area (Å²) in [6.45, 7) is -0.00910. The van der Waals surface area contributed by atoms with E-state index < -0.39 is 25.4 Å². The van der Waals surface area contributed by atoms with E-state index in [1.807, 2.05) is 6.07 Å². The van der Waals surface area contributed by atoms with Crippen molar-refractivity contribution < 1.29 is 32.7 Å². The molecule has 1 atom stereocenters. The largest absolute Gasteiger partial charge is 0.467 e. The third kappa shape index (κ3) is 4.84. The molecular weight excluding hydrogens is 313 g/mol. The molecule has 1 amide bonds. The molecule has 1 aromatic carbocycles. The van der Waals surface area contributed by atoms with Crippen molar-refractivity contribution in [1.82, 2.24) is 5.32 Å².